The van der Waals surface area contributed by atoms with Gasteiger partial charge >= 0.3 is 5.63 Å². The first-order valence-corrected chi connectivity index (χ1v) is 12.0. The van der Waals surface area contributed by atoms with Gasteiger partial charge in [0, 0.05) is 14.8 Å². The second-order valence-corrected chi connectivity index (χ2v) is 9.73. The van der Waals surface area contributed by atoms with Crippen LogP contribution in [-0.4, -0.2) is 16.8 Å². The van der Waals surface area contributed by atoms with Gasteiger partial charge in [0.15, 0.2) is 11.3 Å². The molecule has 0 bridgehead atoms. The number of aromatic nitrogens is 1. The molecule has 0 atom stereocenters. The summed E-state index contributed by atoms with van der Waals surface area (Å²) >= 11 is 4.41. The van der Waals surface area contributed by atoms with E-state index >= 15 is 0 Å². The Balaban J connectivity index is 1.75. The topological polar surface area (TPSA) is 81.7 Å². The molecule has 0 aliphatic heterocycles. The molecule has 0 spiro atoms. The third-order valence-electron chi connectivity index (χ3n) is 5.55. The van der Waals surface area contributed by atoms with Gasteiger partial charge in [-0.1, -0.05) is 39.8 Å². The molecular weight excluding hydrogens is 537 g/mol. The van der Waals surface area contributed by atoms with Crippen molar-refractivity contribution >= 4 is 49.6 Å². The third-order valence-corrected chi connectivity index (χ3v) is 7.11. The zero-order valence-corrected chi connectivity index (χ0v) is 20.7. The van der Waals surface area contributed by atoms with Gasteiger partial charge in [-0.25, -0.2) is 9.18 Å². The van der Waals surface area contributed by atoms with Crippen LogP contribution in [0.15, 0.2) is 95.0 Å². The van der Waals surface area contributed by atoms with Crippen molar-refractivity contribution in [2.75, 3.05) is 7.11 Å². The highest BCUT2D eigenvalue weighted by atomic mass is 79.9. The first-order valence-electron chi connectivity index (χ1n) is 10.4. The van der Waals surface area contributed by atoms with E-state index in [2.05, 4.69) is 15.9 Å². The molecule has 3 aromatic carbocycles. The number of hydrogen-bond acceptors (Lipinski definition) is 6. The summed E-state index contributed by atoms with van der Waals surface area (Å²) in [6.45, 7) is 0.127. The largest absolute Gasteiger partial charge is 0.505 e. The van der Waals surface area contributed by atoms with Gasteiger partial charge in [0.2, 0.25) is 0 Å². The monoisotopic (exact) mass is 553 g/mol. The summed E-state index contributed by atoms with van der Waals surface area (Å²) in [6, 6.07) is 17.9. The highest BCUT2D eigenvalue weighted by Gasteiger charge is 2.22. The molecule has 5 aromatic rings. The molecule has 35 heavy (non-hydrogen) atoms. The molecule has 2 aromatic heterocycles. The number of ether oxygens (including phenoxy) is 1. The zero-order chi connectivity index (χ0) is 24.7. The molecule has 0 aliphatic carbocycles. The molecular formula is C26H17BrFNO5S. The first-order chi connectivity index (χ1) is 16.9. The lowest BCUT2D eigenvalue weighted by Crippen LogP contribution is -2.23. The van der Waals surface area contributed by atoms with Crippen LogP contribution >= 0.6 is 27.7 Å². The fraction of sp³-hybridized carbons (Fsp3) is 0.0769. The summed E-state index contributed by atoms with van der Waals surface area (Å²) in [7, 11) is 1.55. The Morgan fingerprint density at radius 3 is 2.46 bits per heavy atom. The van der Waals surface area contributed by atoms with Gasteiger partial charge in [-0.05, 0) is 60.2 Å². The van der Waals surface area contributed by atoms with E-state index < -0.39 is 16.9 Å². The lowest BCUT2D eigenvalue weighted by molar-refractivity contribution is 0.414. The summed E-state index contributed by atoms with van der Waals surface area (Å²) in [4.78, 5) is 27.1. The van der Waals surface area contributed by atoms with Gasteiger partial charge in [-0.3, -0.25) is 4.79 Å². The quantitative estimate of drug-likeness (QED) is 0.272. The van der Waals surface area contributed by atoms with Crippen LogP contribution in [0, 0.1) is 5.82 Å². The van der Waals surface area contributed by atoms with Gasteiger partial charge in [-0.2, -0.15) is 0 Å². The maximum Gasteiger partial charge on any atom is 0.354 e. The van der Waals surface area contributed by atoms with Crippen molar-refractivity contribution in [1.82, 2.24) is 4.57 Å². The van der Waals surface area contributed by atoms with Gasteiger partial charge in [0.25, 0.3) is 5.56 Å². The second-order valence-electron chi connectivity index (χ2n) is 7.73. The maximum absolute atomic E-state index is 13.7. The van der Waals surface area contributed by atoms with Crippen molar-refractivity contribution in [2.45, 2.75) is 16.3 Å². The van der Waals surface area contributed by atoms with Crippen LogP contribution in [0.2, 0.25) is 0 Å². The average Bonchev–Trinajstić information content (AvgIpc) is 2.85. The number of benzene rings is 3. The van der Waals surface area contributed by atoms with Crippen molar-refractivity contribution in [3.8, 4) is 11.5 Å². The predicted octanol–water partition coefficient (Wildman–Crippen LogP) is 5.92. The minimum absolute atomic E-state index is 0.00874. The minimum atomic E-state index is -0.754. The van der Waals surface area contributed by atoms with Crippen LogP contribution < -0.4 is 15.9 Å². The Bertz CT molecular complexity index is 1700. The highest BCUT2D eigenvalue weighted by molar-refractivity contribution is 9.10. The number of fused-ring (bicyclic) bond motifs is 3. The highest BCUT2D eigenvalue weighted by Crippen LogP contribution is 2.38. The van der Waals surface area contributed by atoms with Gasteiger partial charge in [-0.15, -0.1) is 0 Å². The van der Waals surface area contributed by atoms with Crippen molar-refractivity contribution in [1.29, 1.82) is 0 Å². The first kappa shape index (κ1) is 23.2. The van der Waals surface area contributed by atoms with Crippen LogP contribution in [0.25, 0.3) is 21.9 Å². The van der Waals surface area contributed by atoms with Crippen molar-refractivity contribution in [3.63, 3.8) is 0 Å². The molecule has 1 N–H and O–H groups in total. The standard InChI is InChI=1S/C26H17BrFNO5S/c1-33-17-7-9-18(10-8-17)35-24-22(30)21-23(34-26(24)32)19-11-4-15(27)12-20(19)29(25(21)31)13-14-2-5-16(28)6-3-14/h2-12,30H,13H2,1H3. The summed E-state index contributed by atoms with van der Waals surface area (Å²) < 4.78 is 26.4. The van der Waals surface area contributed by atoms with Crippen molar-refractivity contribution in [3.05, 3.63) is 103 Å². The van der Waals surface area contributed by atoms with Gasteiger partial charge in [0.1, 0.15) is 21.8 Å². The molecule has 0 amide bonds. The molecule has 0 aliphatic rings. The van der Waals surface area contributed by atoms with E-state index in [1.165, 1.54) is 16.7 Å². The Kier molecular flexibility index (Phi) is 6.12. The van der Waals surface area contributed by atoms with E-state index in [0.717, 1.165) is 16.2 Å². The SMILES string of the molecule is COc1ccc(Sc2c(O)c3c(=O)n(Cc4ccc(F)cc4)c4cc(Br)ccc4c3oc2=O)cc1. The number of pyridine rings is 1. The van der Waals surface area contributed by atoms with Crippen molar-refractivity contribution < 1.29 is 18.7 Å². The Morgan fingerprint density at radius 2 is 1.77 bits per heavy atom. The summed E-state index contributed by atoms with van der Waals surface area (Å²) in [5.41, 5.74) is -0.0870. The van der Waals surface area contributed by atoms with E-state index in [1.807, 2.05) is 0 Å². The van der Waals surface area contributed by atoms with Crippen molar-refractivity contribution in [2.24, 2.45) is 0 Å². The second kappa shape index (κ2) is 9.24. The fourth-order valence-corrected chi connectivity index (χ4v) is 5.02. The number of aromatic hydroxyl groups is 1. The lowest BCUT2D eigenvalue weighted by atomic mass is 10.1. The summed E-state index contributed by atoms with van der Waals surface area (Å²) in [5, 5.41) is 11.5. The molecule has 0 saturated carbocycles. The lowest BCUT2D eigenvalue weighted by Gasteiger charge is -2.14. The smallest absolute Gasteiger partial charge is 0.354 e. The van der Waals surface area contributed by atoms with Crippen LogP contribution in [-0.2, 0) is 6.54 Å². The number of halogens is 2. The molecule has 2 heterocycles. The Morgan fingerprint density at radius 1 is 1.06 bits per heavy atom. The van der Waals surface area contributed by atoms with E-state index in [1.54, 1.807) is 61.7 Å². The molecule has 6 nitrogen and oxygen atoms in total. The van der Waals surface area contributed by atoms with Gasteiger partial charge < -0.3 is 18.8 Å². The fourth-order valence-electron chi connectivity index (χ4n) is 3.84. The Labute approximate surface area is 210 Å². The maximum atomic E-state index is 13.7. The molecule has 176 valence electrons. The van der Waals surface area contributed by atoms with Crippen LogP contribution in [0.3, 0.4) is 0 Å². The van der Waals surface area contributed by atoms with Crippen LogP contribution in [0.5, 0.6) is 11.5 Å². The van der Waals surface area contributed by atoms with E-state index in [-0.39, 0.29) is 28.2 Å². The molecule has 5 rings (SSSR count). The number of nitrogens with zero attached hydrogens (tertiary/aromatic N) is 1. The molecule has 0 unspecified atom stereocenters. The Hall–Kier alpha value is -3.56. The van der Waals surface area contributed by atoms with E-state index in [4.69, 9.17) is 9.15 Å². The summed E-state index contributed by atoms with van der Waals surface area (Å²) in [5.74, 6) is -0.183. The van der Waals surface area contributed by atoms with Crippen LogP contribution in [0.1, 0.15) is 5.56 Å². The normalized spacial score (nSPS) is 11.3. The zero-order valence-electron chi connectivity index (χ0n) is 18.2. The molecule has 0 radical (unpaired) electrons. The average molecular weight is 554 g/mol. The molecule has 9 heteroatoms. The molecule has 0 saturated heterocycles. The third kappa shape index (κ3) is 4.33. The van der Waals surface area contributed by atoms with E-state index in [0.29, 0.717) is 27.1 Å². The number of rotatable bonds is 5. The predicted molar refractivity (Wildman–Crippen MR) is 136 cm³/mol. The van der Waals surface area contributed by atoms with Gasteiger partial charge in [0.05, 0.1) is 19.2 Å². The summed E-state index contributed by atoms with van der Waals surface area (Å²) in [6.07, 6.45) is 0. The number of hydrogen-bond donors (Lipinski definition) is 1. The number of methoxy groups -OCH3 is 1. The molecule has 0 fully saturated rings. The van der Waals surface area contributed by atoms with Crippen LogP contribution in [0.4, 0.5) is 4.39 Å². The minimum Gasteiger partial charge on any atom is -0.505 e. The van der Waals surface area contributed by atoms with E-state index in [9.17, 15) is 19.1 Å².